The topological polar surface area (TPSA) is 60.7 Å². The maximum Gasteiger partial charge on any atom is 0.163 e. The van der Waals surface area contributed by atoms with Gasteiger partial charge in [-0.3, -0.25) is 0 Å². The minimum Gasteiger partial charge on any atom is -0.504 e. The monoisotopic (exact) mass is 244 g/mol. The molecule has 0 saturated carbocycles. The predicted octanol–water partition coefficient (Wildman–Crippen LogP) is 2.76. The molecule has 0 radical (unpaired) electrons. The van der Waals surface area contributed by atoms with Gasteiger partial charge in [0, 0.05) is 5.56 Å². The number of hydrogen-bond donors (Lipinski definition) is 3. The average molecular weight is 244 g/mol. The number of aryl methyl sites for hydroxylation is 1. The summed E-state index contributed by atoms with van der Waals surface area (Å²) in [4.78, 5) is 0. The number of benzene rings is 2. The highest BCUT2D eigenvalue weighted by Crippen LogP contribution is 2.34. The number of aliphatic hydroxyl groups excluding tert-OH is 1. The molecule has 0 saturated heterocycles. The van der Waals surface area contributed by atoms with Crippen LogP contribution in [0.25, 0.3) is 0 Å². The largest absolute Gasteiger partial charge is 0.504 e. The quantitative estimate of drug-likeness (QED) is 0.725. The van der Waals surface area contributed by atoms with Crippen molar-refractivity contribution < 1.29 is 15.3 Å². The Hall–Kier alpha value is -2.00. The molecule has 0 aliphatic carbocycles. The van der Waals surface area contributed by atoms with Crippen LogP contribution in [-0.4, -0.2) is 15.3 Å². The van der Waals surface area contributed by atoms with E-state index in [1.807, 2.05) is 30.3 Å². The fourth-order valence-electron chi connectivity index (χ4n) is 1.92. The van der Waals surface area contributed by atoms with Gasteiger partial charge >= 0.3 is 0 Å². The molecular weight excluding hydrogens is 228 g/mol. The first kappa shape index (κ1) is 12.5. The summed E-state index contributed by atoms with van der Waals surface area (Å²) in [7, 11) is 0. The van der Waals surface area contributed by atoms with Gasteiger partial charge in [0.15, 0.2) is 11.5 Å². The molecule has 0 fully saturated rings. The van der Waals surface area contributed by atoms with Crippen molar-refractivity contribution in [1.82, 2.24) is 0 Å². The molecule has 3 N–H and O–H groups in total. The summed E-state index contributed by atoms with van der Waals surface area (Å²) in [5.74, 6) is -0.440. The fourth-order valence-corrected chi connectivity index (χ4v) is 1.92. The van der Waals surface area contributed by atoms with Crippen LogP contribution in [0.5, 0.6) is 11.5 Å². The van der Waals surface area contributed by atoms with Crippen LogP contribution in [-0.2, 0) is 6.42 Å². The van der Waals surface area contributed by atoms with Gasteiger partial charge in [-0.2, -0.15) is 0 Å². The van der Waals surface area contributed by atoms with Gasteiger partial charge in [0.05, 0.1) is 6.10 Å². The van der Waals surface area contributed by atoms with Crippen LogP contribution >= 0.6 is 0 Å². The van der Waals surface area contributed by atoms with Gasteiger partial charge in [-0.25, -0.2) is 0 Å². The molecule has 0 aromatic heterocycles. The Morgan fingerprint density at radius 2 is 1.61 bits per heavy atom. The Kier molecular flexibility index (Phi) is 3.85. The van der Waals surface area contributed by atoms with Crippen molar-refractivity contribution in [3.8, 4) is 11.5 Å². The van der Waals surface area contributed by atoms with Crippen LogP contribution in [0, 0.1) is 0 Å². The maximum atomic E-state index is 10.0. The van der Waals surface area contributed by atoms with E-state index >= 15 is 0 Å². The number of para-hydroxylation sites is 1. The first-order chi connectivity index (χ1) is 8.68. The van der Waals surface area contributed by atoms with E-state index in [1.165, 1.54) is 6.07 Å². The maximum absolute atomic E-state index is 10.0. The zero-order valence-corrected chi connectivity index (χ0v) is 9.95. The standard InChI is InChI=1S/C15H16O3/c16-13(10-9-11-5-2-1-3-6-11)12-7-4-8-14(17)15(12)18/h1-8,13,16-18H,9-10H2. The van der Waals surface area contributed by atoms with Gasteiger partial charge in [0.2, 0.25) is 0 Å². The third kappa shape index (κ3) is 2.81. The van der Waals surface area contributed by atoms with E-state index in [9.17, 15) is 15.3 Å². The summed E-state index contributed by atoms with van der Waals surface area (Å²) in [6, 6.07) is 14.5. The van der Waals surface area contributed by atoms with Crippen molar-refractivity contribution in [3.05, 3.63) is 59.7 Å². The lowest BCUT2D eigenvalue weighted by Gasteiger charge is -2.13. The lowest BCUT2D eigenvalue weighted by atomic mass is 10.0. The summed E-state index contributed by atoms with van der Waals surface area (Å²) in [5.41, 5.74) is 1.50. The zero-order valence-electron chi connectivity index (χ0n) is 9.95. The van der Waals surface area contributed by atoms with Gasteiger partial charge in [0.25, 0.3) is 0 Å². The molecule has 0 spiro atoms. The number of hydrogen-bond acceptors (Lipinski definition) is 3. The molecular formula is C15H16O3. The van der Waals surface area contributed by atoms with Crippen molar-refractivity contribution in [2.45, 2.75) is 18.9 Å². The van der Waals surface area contributed by atoms with E-state index < -0.39 is 6.10 Å². The van der Waals surface area contributed by atoms with Crippen molar-refractivity contribution in [2.75, 3.05) is 0 Å². The van der Waals surface area contributed by atoms with Crippen LogP contribution in [0.4, 0.5) is 0 Å². The highest BCUT2D eigenvalue weighted by Gasteiger charge is 2.14. The molecule has 1 unspecified atom stereocenters. The number of phenols is 2. The molecule has 1 atom stereocenters. The highest BCUT2D eigenvalue weighted by molar-refractivity contribution is 5.45. The normalized spacial score (nSPS) is 12.3. The van der Waals surface area contributed by atoms with Gasteiger partial charge in [-0.1, -0.05) is 42.5 Å². The molecule has 94 valence electrons. The highest BCUT2D eigenvalue weighted by atomic mass is 16.3. The first-order valence-corrected chi connectivity index (χ1v) is 5.91. The molecule has 0 bridgehead atoms. The molecule has 0 amide bonds. The number of aliphatic hydroxyl groups is 1. The lowest BCUT2D eigenvalue weighted by Crippen LogP contribution is -2.00. The Morgan fingerprint density at radius 3 is 2.33 bits per heavy atom. The molecule has 2 aromatic carbocycles. The summed E-state index contributed by atoms with van der Waals surface area (Å²) >= 11 is 0. The van der Waals surface area contributed by atoms with Gasteiger partial charge in [-0.15, -0.1) is 0 Å². The summed E-state index contributed by atoms with van der Waals surface area (Å²) < 4.78 is 0. The lowest BCUT2D eigenvalue weighted by molar-refractivity contribution is 0.163. The molecule has 2 rings (SSSR count). The fraction of sp³-hybridized carbons (Fsp3) is 0.200. The second kappa shape index (κ2) is 5.56. The molecule has 3 heteroatoms. The van der Waals surface area contributed by atoms with E-state index in [4.69, 9.17) is 0 Å². The minimum atomic E-state index is -0.780. The van der Waals surface area contributed by atoms with Crippen molar-refractivity contribution in [2.24, 2.45) is 0 Å². The van der Waals surface area contributed by atoms with Crippen molar-refractivity contribution in [3.63, 3.8) is 0 Å². The van der Waals surface area contributed by atoms with Gasteiger partial charge in [-0.05, 0) is 24.5 Å². The van der Waals surface area contributed by atoms with Crippen LogP contribution in [0.1, 0.15) is 23.7 Å². The third-order valence-electron chi connectivity index (χ3n) is 2.95. The Morgan fingerprint density at radius 1 is 0.889 bits per heavy atom. The van der Waals surface area contributed by atoms with Crippen LogP contribution in [0.2, 0.25) is 0 Å². The SMILES string of the molecule is Oc1cccc(C(O)CCc2ccccc2)c1O. The first-order valence-electron chi connectivity index (χ1n) is 5.91. The van der Waals surface area contributed by atoms with E-state index in [2.05, 4.69) is 0 Å². The number of phenolic OH excluding ortho intramolecular Hbond substituents is 2. The molecule has 18 heavy (non-hydrogen) atoms. The molecule has 0 aliphatic heterocycles. The molecule has 0 heterocycles. The smallest absolute Gasteiger partial charge is 0.163 e. The minimum absolute atomic E-state index is 0.203. The van der Waals surface area contributed by atoms with Crippen LogP contribution in [0.3, 0.4) is 0 Å². The zero-order chi connectivity index (χ0) is 13.0. The van der Waals surface area contributed by atoms with Crippen molar-refractivity contribution >= 4 is 0 Å². The molecule has 3 nitrogen and oxygen atoms in total. The summed E-state index contributed by atoms with van der Waals surface area (Å²) in [6.45, 7) is 0. The van der Waals surface area contributed by atoms with Crippen LogP contribution in [0.15, 0.2) is 48.5 Å². The number of rotatable bonds is 4. The Bertz CT molecular complexity index is 508. The van der Waals surface area contributed by atoms with E-state index in [0.717, 1.165) is 12.0 Å². The Labute approximate surface area is 106 Å². The summed E-state index contributed by atoms with van der Waals surface area (Å²) in [5, 5.41) is 29.0. The van der Waals surface area contributed by atoms with E-state index in [-0.39, 0.29) is 11.5 Å². The summed E-state index contributed by atoms with van der Waals surface area (Å²) in [6.07, 6.45) is 0.440. The van der Waals surface area contributed by atoms with Crippen LogP contribution < -0.4 is 0 Å². The van der Waals surface area contributed by atoms with Gasteiger partial charge < -0.3 is 15.3 Å². The Balaban J connectivity index is 2.04. The number of aromatic hydroxyl groups is 2. The molecule has 2 aromatic rings. The third-order valence-corrected chi connectivity index (χ3v) is 2.95. The van der Waals surface area contributed by atoms with Gasteiger partial charge in [0.1, 0.15) is 0 Å². The van der Waals surface area contributed by atoms with E-state index in [0.29, 0.717) is 12.0 Å². The van der Waals surface area contributed by atoms with E-state index in [1.54, 1.807) is 12.1 Å². The predicted molar refractivity (Wildman–Crippen MR) is 69.5 cm³/mol. The molecule has 0 aliphatic rings. The second-order valence-corrected chi connectivity index (χ2v) is 4.26. The average Bonchev–Trinajstić information content (AvgIpc) is 2.40. The van der Waals surface area contributed by atoms with Crippen molar-refractivity contribution in [1.29, 1.82) is 0 Å². The second-order valence-electron chi connectivity index (χ2n) is 4.26.